The van der Waals surface area contributed by atoms with Crippen molar-refractivity contribution < 1.29 is 0 Å². The van der Waals surface area contributed by atoms with Crippen molar-refractivity contribution in [3.63, 3.8) is 0 Å². The van der Waals surface area contributed by atoms with E-state index in [1.54, 1.807) is 0 Å². The highest BCUT2D eigenvalue weighted by atomic mass is 14.9. The first-order valence-electron chi connectivity index (χ1n) is 5.33. The second-order valence-electron chi connectivity index (χ2n) is 5.02. The van der Waals surface area contributed by atoms with Crippen LogP contribution in [-0.2, 0) is 5.41 Å². The van der Waals surface area contributed by atoms with Crippen LogP contribution in [0.1, 0.15) is 43.0 Å². The summed E-state index contributed by atoms with van der Waals surface area (Å²) in [5, 5.41) is 3.40. The Morgan fingerprint density at radius 1 is 1.36 bits per heavy atom. The maximum Gasteiger partial charge on any atom is 0.0328 e. The van der Waals surface area contributed by atoms with Gasteiger partial charge in [-0.1, -0.05) is 37.6 Å². The molecule has 1 unspecified atom stereocenters. The second-order valence-corrected chi connectivity index (χ2v) is 5.02. The van der Waals surface area contributed by atoms with Crippen LogP contribution in [0.5, 0.6) is 0 Å². The lowest BCUT2D eigenvalue weighted by Crippen LogP contribution is -2.17. The molecule has 1 aliphatic carbocycles. The molecular formula is C13H19N. The molecule has 0 saturated heterocycles. The maximum absolute atomic E-state index is 3.40. The van der Waals surface area contributed by atoms with Crippen LogP contribution in [-0.4, -0.2) is 7.05 Å². The highest BCUT2D eigenvalue weighted by Gasteiger charge is 2.35. The van der Waals surface area contributed by atoms with Gasteiger partial charge in [0.25, 0.3) is 0 Å². The zero-order chi connectivity index (χ0) is 10.3. The number of fused-ring (bicyclic) bond motifs is 1. The zero-order valence-corrected chi connectivity index (χ0v) is 9.52. The molecule has 0 aliphatic heterocycles. The number of rotatable bonds is 1. The van der Waals surface area contributed by atoms with Crippen molar-refractivity contribution in [3.05, 3.63) is 34.9 Å². The van der Waals surface area contributed by atoms with E-state index in [9.17, 15) is 0 Å². The van der Waals surface area contributed by atoms with Gasteiger partial charge in [0.15, 0.2) is 0 Å². The molecule has 76 valence electrons. The summed E-state index contributed by atoms with van der Waals surface area (Å²) in [6, 6.07) is 7.38. The van der Waals surface area contributed by atoms with E-state index in [1.165, 1.54) is 23.1 Å². The zero-order valence-electron chi connectivity index (χ0n) is 9.52. The number of hydrogen-bond donors (Lipinski definition) is 1. The topological polar surface area (TPSA) is 12.0 Å². The SMILES string of the molecule is CNC1CC(C)(C)c2ccc(C)cc21. The standard InChI is InChI=1S/C13H19N/c1-9-5-6-11-10(7-9)12(14-4)8-13(11,2)3/h5-7,12,14H,8H2,1-4H3. The van der Waals surface area contributed by atoms with E-state index in [-0.39, 0.29) is 0 Å². The Balaban J connectivity index is 2.54. The molecule has 1 aliphatic rings. The summed E-state index contributed by atoms with van der Waals surface area (Å²) in [4.78, 5) is 0. The van der Waals surface area contributed by atoms with Gasteiger partial charge < -0.3 is 5.32 Å². The number of nitrogens with one attached hydrogen (secondary N) is 1. The molecule has 2 rings (SSSR count). The monoisotopic (exact) mass is 189 g/mol. The van der Waals surface area contributed by atoms with Crippen LogP contribution in [0.4, 0.5) is 0 Å². The molecule has 1 heteroatoms. The molecule has 14 heavy (non-hydrogen) atoms. The first-order valence-corrected chi connectivity index (χ1v) is 5.33. The van der Waals surface area contributed by atoms with E-state index in [1.807, 2.05) is 0 Å². The van der Waals surface area contributed by atoms with Gasteiger partial charge in [-0.05, 0) is 36.9 Å². The van der Waals surface area contributed by atoms with Gasteiger partial charge >= 0.3 is 0 Å². The summed E-state index contributed by atoms with van der Waals surface area (Å²) in [5.74, 6) is 0. The van der Waals surface area contributed by atoms with Crippen molar-refractivity contribution in [2.75, 3.05) is 7.05 Å². The maximum atomic E-state index is 3.40. The second kappa shape index (κ2) is 3.09. The minimum absolute atomic E-state index is 0.330. The smallest absolute Gasteiger partial charge is 0.0328 e. The molecule has 1 N–H and O–H groups in total. The highest BCUT2D eigenvalue weighted by molar-refractivity contribution is 5.43. The molecular weight excluding hydrogens is 170 g/mol. The van der Waals surface area contributed by atoms with Gasteiger partial charge in [0.2, 0.25) is 0 Å². The summed E-state index contributed by atoms with van der Waals surface area (Å²) < 4.78 is 0. The molecule has 1 aromatic carbocycles. The van der Waals surface area contributed by atoms with Crippen molar-refractivity contribution >= 4 is 0 Å². The van der Waals surface area contributed by atoms with Crippen LogP contribution in [0.15, 0.2) is 18.2 Å². The van der Waals surface area contributed by atoms with Gasteiger partial charge in [-0.25, -0.2) is 0 Å². The molecule has 1 nitrogen and oxygen atoms in total. The van der Waals surface area contributed by atoms with Gasteiger partial charge in [0, 0.05) is 6.04 Å². The van der Waals surface area contributed by atoms with Crippen molar-refractivity contribution in [2.24, 2.45) is 0 Å². The van der Waals surface area contributed by atoms with Crippen LogP contribution in [0.2, 0.25) is 0 Å². The van der Waals surface area contributed by atoms with Gasteiger partial charge in [-0.2, -0.15) is 0 Å². The van der Waals surface area contributed by atoms with Crippen LogP contribution in [0, 0.1) is 6.92 Å². The van der Waals surface area contributed by atoms with Crippen LogP contribution < -0.4 is 5.32 Å². The summed E-state index contributed by atoms with van der Waals surface area (Å²) in [6.45, 7) is 6.83. The van der Waals surface area contributed by atoms with Crippen LogP contribution >= 0.6 is 0 Å². The van der Waals surface area contributed by atoms with Gasteiger partial charge in [-0.3, -0.25) is 0 Å². The Morgan fingerprint density at radius 2 is 2.07 bits per heavy atom. The van der Waals surface area contributed by atoms with E-state index >= 15 is 0 Å². The van der Waals surface area contributed by atoms with Gasteiger partial charge in [0.1, 0.15) is 0 Å². The summed E-state index contributed by atoms with van der Waals surface area (Å²) in [5.41, 5.74) is 4.71. The van der Waals surface area contributed by atoms with E-state index in [2.05, 4.69) is 51.3 Å². The lowest BCUT2D eigenvalue weighted by molar-refractivity contribution is 0.447. The minimum atomic E-state index is 0.330. The van der Waals surface area contributed by atoms with Gasteiger partial charge in [0.05, 0.1) is 0 Å². The fourth-order valence-electron chi connectivity index (χ4n) is 2.57. The van der Waals surface area contributed by atoms with E-state index in [4.69, 9.17) is 0 Å². The van der Waals surface area contributed by atoms with Crippen molar-refractivity contribution in [2.45, 2.75) is 38.6 Å². The molecule has 0 spiro atoms. The molecule has 0 bridgehead atoms. The Morgan fingerprint density at radius 3 is 2.71 bits per heavy atom. The number of benzene rings is 1. The summed E-state index contributed by atoms with van der Waals surface area (Å²) in [6.07, 6.45) is 1.21. The largest absolute Gasteiger partial charge is 0.313 e. The minimum Gasteiger partial charge on any atom is -0.313 e. The number of hydrogen-bond acceptors (Lipinski definition) is 1. The molecule has 0 saturated carbocycles. The molecule has 0 heterocycles. The summed E-state index contributed by atoms with van der Waals surface area (Å²) >= 11 is 0. The van der Waals surface area contributed by atoms with Crippen LogP contribution in [0.3, 0.4) is 0 Å². The lowest BCUT2D eigenvalue weighted by Gasteiger charge is -2.19. The Kier molecular flexibility index (Phi) is 2.15. The van der Waals surface area contributed by atoms with E-state index in [0.717, 1.165) is 0 Å². The van der Waals surface area contributed by atoms with Crippen LogP contribution in [0.25, 0.3) is 0 Å². The Hall–Kier alpha value is -0.820. The van der Waals surface area contributed by atoms with E-state index in [0.29, 0.717) is 11.5 Å². The van der Waals surface area contributed by atoms with E-state index < -0.39 is 0 Å². The molecule has 0 fully saturated rings. The lowest BCUT2D eigenvalue weighted by atomic mass is 9.86. The predicted octanol–water partition coefficient (Wildman–Crippen LogP) is 2.94. The fourth-order valence-corrected chi connectivity index (χ4v) is 2.57. The van der Waals surface area contributed by atoms with Crippen molar-refractivity contribution in [1.29, 1.82) is 0 Å². The average Bonchev–Trinajstić information content (AvgIpc) is 2.37. The third-order valence-corrected chi connectivity index (χ3v) is 3.37. The van der Waals surface area contributed by atoms with Crippen molar-refractivity contribution in [1.82, 2.24) is 5.32 Å². The molecule has 0 amide bonds. The van der Waals surface area contributed by atoms with Gasteiger partial charge in [-0.15, -0.1) is 0 Å². The normalized spacial score (nSPS) is 23.6. The highest BCUT2D eigenvalue weighted by Crippen LogP contribution is 2.44. The predicted molar refractivity (Wildman–Crippen MR) is 60.6 cm³/mol. The molecule has 0 aromatic heterocycles. The fraction of sp³-hybridized carbons (Fsp3) is 0.538. The number of aryl methyl sites for hydroxylation is 1. The first-order chi connectivity index (χ1) is 6.54. The molecule has 0 radical (unpaired) electrons. The third-order valence-electron chi connectivity index (χ3n) is 3.37. The quantitative estimate of drug-likeness (QED) is 0.716. The first kappa shape index (κ1) is 9.72. The Labute approximate surface area is 86.5 Å². The third kappa shape index (κ3) is 1.36. The molecule has 1 atom stereocenters. The average molecular weight is 189 g/mol. The molecule has 1 aromatic rings. The summed E-state index contributed by atoms with van der Waals surface area (Å²) in [7, 11) is 2.05. The van der Waals surface area contributed by atoms with Crippen molar-refractivity contribution in [3.8, 4) is 0 Å². The Bertz CT molecular complexity index is 352.